The Kier molecular flexibility index (Phi) is 3.06. The highest BCUT2D eigenvalue weighted by Gasteiger charge is 2.41. The molecule has 2 aromatic rings. The van der Waals surface area contributed by atoms with Gasteiger partial charge in [-0.3, -0.25) is 9.59 Å². The van der Waals surface area contributed by atoms with Crippen molar-refractivity contribution in [2.24, 2.45) is 0 Å². The molecule has 0 aliphatic carbocycles. The smallest absolute Gasteiger partial charge is 0.301 e. The summed E-state index contributed by atoms with van der Waals surface area (Å²) in [6, 6.07) is 5.69. The number of aliphatic hydroxyl groups excluding tert-OH is 1. The van der Waals surface area contributed by atoms with Crippen molar-refractivity contribution in [1.82, 2.24) is 0 Å². The summed E-state index contributed by atoms with van der Waals surface area (Å²) in [6.45, 7) is 0. The lowest BCUT2D eigenvalue weighted by molar-refractivity contribution is -0.121. The van der Waals surface area contributed by atoms with Crippen LogP contribution < -0.4 is 4.90 Å². The molecule has 0 fully saturated rings. The third-order valence-electron chi connectivity index (χ3n) is 2.98. The van der Waals surface area contributed by atoms with Crippen LogP contribution >= 0.6 is 11.3 Å². The van der Waals surface area contributed by atoms with Gasteiger partial charge >= 0.3 is 5.91 Å². The minimum atomic E-state index is -1.06. The van der Waals surface area contributed by atoms with Gasteiger partial charge in [-0.1, -0.05) is 6.07 Å². The number of halogens is 2. The fourth-order valence-corrected chi connectivity index (χ4v) is 2.81. The van der Waals surface area contributed by atoms with Crippen molar-refractivity contribution in [3.05, 3.63) is 58.0 Å². The molecule has 1 aromatic carbocycles. The first-order valence-corrected chi connectivity index (χ1v) is 6.69. The average Bonchev–Trinajstić information content (AvgIpc) is 3.01. The van der Waals surface area contributed by atoms with Gasteiger partial charge in [-0.2, -0.15) is 0 Å². The van der Waals surface area contributed by atoms with Crippen molar-refractivity contribution < 1.29 is 23.5 Å². The van der Waals surface area contributed by atoms with Crippen molar-refractivity contribution >= 4 is 34.4 Å². The zero-order valence-electron chi connectivity index (χ0n) is 10.3. The van der Waals surface area contributed by atoms with E-state index in [1.165, 1.54) is 0 Å². The van der Waals surface area contributed by atoms with Crippen molar-refractivity contribution in [3.63, 3.8) is 0 Å². The summed E-state index contributed by atoms with van der Waals surface area (Å²) < 4.78 is 26.7. The quantitative estimate of drug-likeness (QED) is 0.868. The number of anilines is 1. The van der Waals surface area contributed by atoms with E-state index in [2.05, 4.69) is 0 Å². The lowest BCUT2D eigenvalue weighted by Gasteiger charge is -2.15. The number of aliphatic hydroxyl groups is 1. The van der Waals surface area contributed by atoms with E-state index >= 15 is 0 Å². The Balaban J connectivity index is 2.08. The summed E-state index contributed by atoms with van der Waals surface area (Å²) >= 11 is 1.16. The number of imide groups is 1. The molecule has 0 bridgehead atoms. The molecular formula is C14H7F2NO3S. The molecule has 4 nitrogen and oxygen atoms in total. The maximum absolute atomic E-state index is 13.8. The van der Waals surface area contributed by atoms with E-state index in [-0.39, 0.29) is 5.57 Å². The number of nitrogens with zero attached hydrogens (tertiary/aromatic N) is 1. The normalized spacial score (nSPS) is 15.2. The van der Waals surface area contributed by atoms with Crippen LogP contribution in [0.3, 0.4) is 0 Å². The highest BCUT2D eigenvalue weighted by molar-refractivity contribution is 7.11. The van der Waals surface area contributed by atoms with Gasteiger partial charge in [0.05, 0.1) is 5.69 Å². The van der Waals surface area contributed by atoms with Crippen molar-refractivity contribution in [1.29, 1.82) is 0 Å². The first kappa shape index (κ1) is 13.4. The number of rotatable bonds is 2. The largest absolute Gasteiger partial charge is 0.502 e. The maximum Gasteiger partial charge on any atom is 0.301 e. The third kappa shape index (κ3) is 2.02. The van der Waals surface area contributed by atoms with Crippen molar-refractivity contribution in [2.75, 3.05) is 4.90 Å². The van der Waals surface area contributed by atoms with E-state index in [0.29, 0.717) is 15.8 Å². The summed E-state index contributed by atoms with van der Waals surface area (Å²) in [5.74, 6) is -4.51. The van der Waals surface area contributed by atoms with Crippen molar-refractivity contribution in [3.8, 4) is 0 Å². The van der Waals surface area contributed by atoms with Crippen molar-refractivity contribution in [2.45, 2.75) is 0 Å². The molecule has 1 aliphatic rings. The fourth-order valence-electron chi connectivity index (χ4n) is 2.04. The van der Waals surface area contributed by atoms with Crippen LogP contribution in [0.2, 0.25) is 0 Å². The second-order valence-electron chi connectivity index (χ2n) is 4.24. The van der Waals surface area contributed by atoms with Gasteiger partial charge in [-0.05, 0) is 23.6 Å². The van der Waals surface area contributed by atoms with Crippen LogP contribution in [-0.4, -0.2) is 16.9 Å². The average molecular weight is 307 g/mol. The Morgan fingerprint density at radius 2 is 1.86 bits per heavy atom. The van der Waals surface area contributed by atoms with Gasteiger partial charge in [0.2, 0.25) is 0 Å². The van der Waals surface area contributed by atoms with Crippen LogP contribution in [0.4, 0.5) is 14.5 Å². The first-order chi connectivity index (χ1) is 10.0. The van der Waals surface area contributed by atoms with Gasteiger partial charge in [0.1, 0.15) is 17.2 Å². The molecule has 1 N–H and O–H groups in total. The highest BCUT2D eigenvalue weighted by Crippen LogP contribution is 2.34. The van der Waals surface area contributed by atoms with Gasteiger partial charge in [0.25, 0.3) is 5.91 Å². The van der Waals surface area contributed by atoms with Gasteiger partial charge in [0, 0.05) is 10.9 Å². The van der Waals surface area contributed by atoms with Gasteiger partial charge in [-0.25, -0.2) is 13.7 Å². The van der Waals surface area contributed by atoms with E-state index in [9.17, 15) is 23.5 Å². The Bertz CT molecular complexity index is 784. The zero-order valence-corrected chi connectivity index (χ0v) is 11.2. The topological polar surface area (TPSA) is 57.6 Å². The lowest BCUT2D eigenvalue weighted by Crippen LogP contribution is -2.32. The second-order valence-corrected chi connectivity index (χ2v) is 5.19. The number of hydrogen-bond donors (Lipinski definition) is 1. The molecule has 0 saturated heterocycles. The molecule has 2 heterocycles. The number of benzene rings is 1. The Hall–Kier alpha value is -2.54. The number of hydrogen-bond acceptors (Lipinski definition) is 4. The third-order valence-corrected chi connectivity index (χ3v) is 3.86. The molecule has 0 unspecified atom stereocenters. The van der Waals surface area contributed by atoms with E-state index < -0.39 is 34.9 Å². The second kappa shape index (κ2) is 4.78. The van der Waals surface area contributed by atoms with Crippen LogP contribution in [0.25, 0.3) is 5.57 Å². The number of thiophene rings is 1. The molecule has 106 valence electrons. The fraction of sp³-hybridized carbons (Fsp3) is 0. The minimum Gasteiger partial charge on any atom is -0.502 e. The standard InChI is InChI=1S/C14H7F2NO3S/c15-7-3-4-9(8(16)6-7)17-13(19)11(12(18)14(17)20)10-2-1-5-21-10/h1-6,18H. The van der Waals surface area contributed by atoms with Crippen LogP contribution in [0.5, 0.6) is 0 Å². The van der Waals surface area contributed by atoms with E-state index in [0.717, 1.165) is 23.5 Å². The predicted molar refractivity (Wildman–Crippen MR) is 72.7 cm³/mol. The first-order valence-electron chi connectivity index (χ1n) is 5.81. The number of amides is 2. The van der Waals surface area contributed by atoms with E-state index in [4.69, 9.17) is 0 Å². The molecule has 3 rings (SSSR count). The van der Waals surface area contributed by atoms with E-state index in [1.807, 2.05) is 0 Å². The molecule has 0 radical (unpaired) electrons. The van der Waals surface area contributed by atoms with Gasteiger partial charge in [-0.15, -0.1) is 11.3 Å². The highest BCUT2D eigenvalue weighted by atomic mass is 32.1. The molecule has 0 saturated carbocycles. The summed E-state index contributed by atoms with van der Waals surface area (Å²) in [4.78, 5) is 25.2. The van der Waals surface area contributed by atoms with Crippen LogP contribution in [0, 0.1) is 11.6 Å². The van der Waals surface area contributed by atoms with E-state index in [1.54, 1.807) is 17.5 Å². The molecule has 1 aliphatic heterocycles. The van der Waals surface area contributed by atoms with Gasteiger partial charge < -0.3 is 5.11 Å². The number of carbonyl (C=O) groups excluding carboxylic acids is 2. The Labute approximate surface area is 121 Å². The zero-order chi connectivity index (χ0) is 15.1. The van der Waals surface area contributed by atoms with Gasteiger partial charge in [0.15, 0.2) is 5.76 Å². The van der Waals surface area contributed by atoms with Crippen LogP contribution in [0.15, 0.2) is 41.5 Å². The monoisotopic (exact) mass is 307 g/mol. The predicted octanol–water partition coefficient (Wildman–Crippen LogP) is 2.87. The molecule has 21 heavy (non-hydrogen) atoms. The molecule has 0 spiro atoms. The van der Waals surface area contributed by atoms with Crippen LogP contribution in [-0.2, 0) is 9.59 Å². The SMILES string of the molecule is O=C1C(O)=C(c2cccs2)C(=O)N1c1ccc(F)cc1F. The summed E-state index contributed by atoms with van der Waals surface area (Å²) in [7, 11) is 0. The molecule has 1 aromatic heterocycles. The minimum absolute atomic E-state index is 0.182. The molecular weight excluding hydrogens is 300 g/mol. The molecule has 2 amide bonds. The summed E-state index contributed by atoms with van der Waals surface area (Å²) in [5.41, 5.74) is -0.580. The lowest BCUT2D eigenvalue weighted by atomic mass is 10.2. The Morgan fingerprint density at radius 3 is 2.48 bits per heavy atom. The Morgan fingerprint density at radius 1 is 1.10 bits per heavy atom. The maximum atomic E-state index is 13.8. The summed E-state index contributed by atoms with van der Waals surface area (Å²) in [5, 5.41) is 11.5. The molecule has 7 heteroatoms. The number of carbonyl (C=O) groups is 2. The molecule has 0 atom stereocenters. The van der Waals surface area contributed by atoms with Crippen LogP contribution in [0.1, 0.15) is 4.88 Å². The summed E-state index contributed by atoms with van der Waals surface area (Å²) in [6.07, 6.45) is 0.